The molecule has 0 rings (SSSR count). The monoisotopic (exact) mass is 156 g/mol. The molecule has 0 radical (unpaired) electrons. The maximum Gasteiger partial charge on any atom is 0.306 e. The van der Waals surface area contributed by atoms with Crippen molar-refractivity contribution in [3.8, 4) is 0 Å². The molecule has 0 saturated carbocycles. The van der Waals surface area contributed by atoms with Gasteiger partial charge in [0.1, 0.15) is 0 Å². The van der Waals surface area contributed by atoms with Crippen LogP contribution in [0.25, 0.3) is 0 Å². The van der Waals surface area contributed by atoms with Crippen molar-refractivity contribution in [2.24, 2.45) is 5.92 Å². The van der Waals surface area contributed by atoms with Crippen molar-refractivity contribution in [2.75, 3.05) is 0 Å². The fourth-order valence-corrected chi connectivity index (χ4v) is 0.869. The molecule has 1 atom stereocenters. The van der Waals surface area contributed by atoms with Gasteiger partial charge in [0, 0.05) is 0 Å². The Morgan fingerprint density at radius 2 is 2.09 bits per heavy atom. The van der Waals surface area contributed by atoms with Crippen molar-refractivity contribution in [2.45, 2.75) is 33.1 Å². The van der Waals surface area contributed by atoms with Gasteiger partial charge in [0.05, 0.1) is 5.92 Å². The summed E-state index contributed by atoms with van der Waals surface area (Å²) in [5.41, 5.74) is 0. The summed E-state index contributed by atoms with van der Waals surface area (Å²) in [7, 11) is 0. The second-order valence-electron chi connectivity index (χ2n) is 2.56. The Hall–Kier alpha value is -0.790. The number of carboxylic acids is 1. The molecule has 0 spiro atoms. The molecule has 1 N–H and O–H groups in total. The van der Waals surface area contributed by atoms with E-state index in [-0.39, 0.29) is 5.92 Å². The average molecular weight is 156 g/mol. The van der Waals surface area contributed by atoms with Crippen molar-refractivity contribution in [3.05, 3.63) is 12.2 Å². The molecule has 64 valence electrons. The Kier molecular flexibility index (Phi) is 5.53. The van der Waals surface area contributed by atoms with E-state index in [9.17, 15) is 4.79 Å². The first kappa shape index (κ1) is 10.2. The minimum Gasteiger partial charge on any atom is -0.481 e. The molecule has 0 amide bonds. The van der Waals surface area contributed by atoms with Gasteiger partial charge in [-0.1, -0.05) is 26.0 Å². The standard InChI is InChI=1S/C9H16O2/c1-3-5-6-7-8(4-2)9(10)11/h5-6,8H,3-4,7H2,1-2H3,(H,10,11)/b6-5+. The van der Waals surface area contributed by atoms with E-state index in [1.807, 2.05) is 26.0 Å². The summed E-state index contributed by atoms with van der Waals surface area (Å²) in [6.45, 7) is 3.94. The first-order chi connectivity index (χ1) is 5.22. The predicted molar refractivity (Wildman–Crippen MR) is 45.5 cm³/mol. The second kappa shape index (κ2) is 5.96. The molecule has 0 aromatic rings. The zero-order valence-corrected chi connectivity index (χ0v) is 7.21. The molecule has 0 aliphatic rings. The van der Waals surface area contributed by atoms with E-state index < -0.39 is 5.97 Å². The smallest absolute Gasteiger partial charge is 0.306 e. The highest BCUT2D eigenvalue weighted by molar-refractivity contribution is 5.70. The molecule has 1 unspecified atom stereocenters. The van der Waals surface area contributed by atoms with Gasteiger partial charge in [-0.15, -0.1) is 0 Å². The van der Waals surface area contributed by atoms with Crippen molar-refractivity contribution in [3.63, 3.8) is 0 Å². The summed E-state index contributed by atoms with van der Waals surface area (Å²) in [5, 5.41) is 8.64. The van der Waals surface area contributed by atoms with Gasteiger partial charge in [-0.05, 0) is 19.3 Å². The van der Waals surface area contributed by atoms with Crippen LogP contribution in [0.4, 0.5) is 0 Å². The predicted octanol–water partition coefficient (Wildman–Crippen LogP) is 2.45. The summed E-state index contributed by atoms with van der Waals surface area (Å²) in [4.78, 5) is 10.5. The topological polar surface area (TPSA) is 37.3 Å². The number of carbonyl (C=O) groups is 1. The molecule has 2 heteroatoms. The lowest BCUT2D eigenvalue weighted by Gasteiger charge is -2.04. The van der Waals surface area contributed by atoms with Crippen LogP contribution in [0.5, 0.6) is 0 Å². The van der Waals surface area contributed by atoms with E-state index >= 15 is 0 Å². The molecule has 0 aliphatic carbocycles. The summed E-state index contributed by atoms with van der Waals surface area (Å²) < 4.78 is 0. The van der Waals surface area contributed by atoms with Crippen molar-refractivity contribution < 1.29 is 9.90 Å². The number of aliphatic carboxylic acids is 1. The quantitative estimate of drug-likeness (QED) is 0.621. The van der Waals surface area contributed by atoms with Gasteiger partial charge in [-0.3, -0.25) is 4.79 Å². The minimum atomic E-state index is -0.687. The number of hydrogen-bond donors (Lipinski definition) is 1. The second-order valence-corrected chi connectivity index (χ2v) is 2.56. The SMILES string of the molecule is CC/C=C/CC(CC)C(=O)O. The van der Waals surface area contributed by atoms with E-state index in [1.165, 1.54) is 0 Å². The molecule has 0 aromatic carbocycles. The van der Waals surface area contributed by atoms with Crippen LogP contribution < -0.4 is 0 Å². The molecule has 11 heavy (non-hydrogen) atoms. The molecular weight excluding hydrogens is 140 g/mol. The summed E-state index contributed by atoms with van der Waals surface area (Å²) in [6.07, 6.45) is 6.31. The normalized spacial score (nSPS) is 13.6. The zero-order chi connectivity index (χ0) is 8.69. The molecule has 0 fully saturated rings. The molecule has 0 saturated heterocycles. The largest absolute Gasteiger partial charge is 0.481 e. The van der Waals surface area contributed by atoms with Gasteiger partial charge < -0.3 is 5.11 Å². The number of rotatable bonds is 5. The van der Waals surface area contributed by atoms with Crippen LogP contribution in [-0.4, -0.2) is 11.1 Å². The molecule has 0 aromatic heterocycles. The third-order valence-electron chi connectivity index (χ3n) is 1.67. The molecule has 2 nitrogen and oxygen atoms in total. The van der Waals surface area contributed by atoms with Crippen LogP contribution in [0.1, 0.15) is 33.1 Å². The first-order valence-corrected chi connectivity index (χ1v) is 4.10. The molecule has 0 heterocycles. The van der Waals surface area contributed by atoms with Crippen LogP contribution in [0.2, 0.25) is 0 Å². The lowest BCUT2D eigenvalue weighted by Crippen LogP contribution is -2.11. The van der Waals surface area contributed by atoms with E-state index in [1.54, 1.807) is 0 Å². The van der Waals surface area contributed by atoms with Crippen LogP contribution in [0.3, 0.4) is 0 Å². The molecule has 0 bridgehead atoms. The fraction of sp³-hybridized carbons (Fsp3) is 0.667. The van der Waals surface area contributed by atoms with Gasteiger partial charge in [0.25, 0.3) is 0 Å². The Morgan fingerprint density at radius 3 is 2.45 bits per heavy atom. The van der Waals surface area contributed by atoms with Crippen molar-refractivity contribution in [1.82, 2.24) is 0 Å². The van der Waals surface area contributed by atoms with E-state index in [0.29, 0.717) is 12.8 Å². The Bertz CT molecular complexity index is 138. The van der Waals surface area contributed by atoms with Gasteiger partial charge in [0.2, 0.25) is 0 Å². The number of hydrogen-bond acceptors (Lipinski definition) is 1. The summed E-state index contributed by atoms with van der Waals surface area (Å²) in [6, 6.07) is 0. The summed E-state index contributed by atoms with van der Waals surface area (Å²) >= 11 is 0. The van der Waals surface area contributed by atoms with Crippen LogP contribution in [-0.2, 0) is 4.79 Å². The highest BCUT2D eigenvalue weighted by atomic mass is 16.4. The summed E-state index contributed by atoms with van der Waals surface area (Å²) in [5.74, 6) is -0.883. The molecule has 0 aliphatic heterocycles. The van der Waals surface area contributed by atoms with Crippen molar-refractivity contribution in [1.29, 1.82) is 0 Å². The Balaban J connectivity index is 3.69. The van der Waals surface area contributed by atoms with E-state index in [4.69, 9.17) is 5.11 Å². The van der Waals surface area contributed by atoms with Gasteiger partial charge in [0.15, 0.2) is 0 Å². The number of allylic oxidation sites excluding steroid dienone is 2. The van der Waals surface area contributed by atoms with Gasteiger partial charge in [-0.2, -0.15) is 0 Å². The van der Waals surface area contributed by atoms with Gasteiger partial charge >= 0.3 is 5.97 Å². The lowest BCUT2D eigenvalue weighted by molar-refractivity contribution is -0.141. The average Bonchev–Trinajstić information content (AvgIpc) is 1.97. The van der Waals surface area contributed by atoms with E-state index in [2.05, 4.69) is 0 Å². The number of carboxylic acid groups (broad SMARTS) is 1. The highest BCUT2D eigenvalue weighted by Gasteiger charge is 2.11. The third kappa shape index (κ3) is 4.59. The lowest BCUT2D eigenvalue weighted by atomic mass is 10.0. The third-order valence-corrected chi connectivity index (χ3v) is 1.67. The fourth-order valence-electron chi connectivity index (χ4n) is 0.869. The van der Waals surface area contributed by atoms with Crippen molar-refractivity contribution >= 4 is 5.97 Å². The maximum absolute atomic E-state index is 10.5. The maximum atomic E-state index is 10.5. The van der Waals surface area contributed by atoms with Crippen LogP contribution in [0.15, 0.2) is 12.2 Å². The van der Waals surface area contributed by atoms with Crippen LogP contribution in [0, 0.1) is 5.92 Å². The Labute approximate surface area is 67.9 Å². The highest BCUT2D eigenvalue weighted by Crippen LogP contribution is 2.08. The molecular formula is C9H16O2. The van der Waals surface area contributed by atoms with Crippen LogP contribution >= 0.6 is 0 Å². The zero-order valence-electron chi connectivity index (χ0n) is 7.21. The van der Waals surface area contributed by atoms with Gasteiger partial charge in [-0.25, -0.2) is 0 Å². The van der Waals surface area contributed by atoms with E-state index in [0.717, 1.165) is 6.42 Å². The first-order valence-electron chi connectivity index (χ1n) is 4.10. The minimum absolute atomic E-state index is 0.196. The Morgan fingerprint density at radius 1 is 1.45 bits per heavy atom.